The molecule has 1 amide bonds. The van der Waals surface area contributed by atoms with Crippen molar-refractivity contribution in [3.63, 3.8) is 0 Å². The Balaban J connectivity index is 1.35. The smallest absolute Gasteiger partial charge is 0.275 e. The van der Waals surface area contributed by atoms with E-state index >= 15 is 0 Å². The van der Waals surface area contributed by atoms with Crippen molar-refractivity contribution in [1.82, 2.24) is 24.2 Å². The van der Waals surface area contributed by atoms with Gasteiger partial charge in [0.1, 0.15) is 5.82 Å². The summed E-state index contributed by atoms with van der Waals surface area (Å²) in [5.74, 6) is 2.43. The minimum absolute atomic E-state index is 0.0614. The van der Waals surface area contributed by atoms with Crippen molar-refractivity contribution in [3.8, 4) is 0 Å². The van der Waals surface area contributed by atoms with Gasteiger partial charge >= 0.3 is 0 Å². The molecule has 0 bridgehead atoms. The molecule has 0 radical (unpaired) electrons. The first-order valence-corrected chi connectivity index (χ1v) is 10.3. The lowest BCUT2D eigenvalue weighted by Crippen LogP contribution is -2.41. The van der Waals surface area contributed by atoms with Crippen LogP contribution in [0.3, 0.4) is 0 Å². The summed E-state index contributed by atoms with van der Waals surface area (Å²) in [6, 6.07) is 7.97. The van der Waals surface area contributed by atoms with E-state index in [1.54, 1.807) is 4.68 Å². The predicted molar refractivity (Wildman–Crippen MR) is 108 cm³/mol. The molecule has 0 spiro atoms. The molecule has 0 N–H and O–H groups in total. The van der Waals surface area contributed by atoms with Crippen LogP contribution in [0.15, 0.2) is 30.5 Å². The minimum Gasteiger partial charge on any atom is -0.337 e. The molecule has 3 aromatic rings. The van der Waals surface area contributed by atoms with E-state index in [1.807, 2.05) is 42.4 Å². The van der Waals surface area contributed by atoms with Gasteiger partial charge in [-0.05, 0) is 44.6 Å². The van der Waals surface area contributed by atoms with Crippen molar-refractivity contribution >= 4 is 16.8 Å². The molecular formula is C22H27N5O. The van der Waals surface area contributed by atoms with Gasteiger partial charge in [-0.25, -0.2) is 4.98 Å². The zero-order valence-electron chi connectivity index (χ0n) is 16.6. The Morgan fingerprint density at radius 1 is 1.21 bits per heavy atom. The van der Waals surface area contributed by atoms with E-state index in [2.05, 4.69) is 21.6 Å². The number of aryl methyl sites for hydroxylation is 2. The van der Waals surface area contributed by atoms with Crippen LogP contribution in [-0.2, 0) is 13.6 Å². The number of carbonyl (C=O) groups is 1. The first-order valence-electron chi connectivity index (χ1n) is 10.3. The summed E-state index contributed by atoms with van der Waals surface area (Å²) in [6.45, 7) is 4.72. The highest BCUT2D eigenvalue weighted by molar-refractivity contribution is 6.04. The lowest BCUT2D eigenvalue weighted by molar-refractivity contribution is 0.0656. The molecule has 3 heterocycles. The molecule has 1 aliphatic heterocycles. The van der Waals surface area contributed by atoms with E-state index in [4.69, 9.17) is 0 Å². The van der Waals surface area contributed by atoms with Gasteiger partial charge < -0.3 is 9.47 Å². The topological polar surface area (TPSA) is 56.0 Å². The molecule has 2 aliphatic rings. The number of hydrogen-bond donors (Lipinski definition) is 0. The highest BCUT2D eigenvalue weighted by atomic mass is 16.2. The zero-order chi connectivity index (χ0) is 19.3. The van der Waals surface area contributed by atoms with Gasteiger partial charge in [0.25, 0.3) is 5.91 Å². The summed E-state index contributed by atoms with van der Waals surface area (Å²) < 4.78 is 4.20. The molecule has 6 nitrogen and oxygen atoms in total. The largest absolute Gasteiger partial charge is 0.337 e. The molecule has 2 fully saturated rings. The number of para-hydroxylation sites is 1. The first kappa shape index (κ1) is 17.5. The van der Waals surface area contributed by atoms with Gasteiger partial charge in [-0.1, -0.05) is 18.2 Å². The van der Waals surface area contributed by atoms with Crippen LogP contribution in [0.25, 0.3) is 10.9 Å². The molecule has 2 aromatic heterocycles. The van der Waals surface area contributed by atoms with Crippen molar-refractivity contribution < 1.29 is 4.79 Å². The number of aromatic nitrogens is 4. The summed E-state index contributed by atoms with van der Waals surface area (Å²) >= 11 is 0. The lowest BCUT2D eigenvalue weighted by atomic mass is 9.97. The number of carbonyl (C=O) groups excluding carboxylic acids is 1. The number of rotatable bonds is 4. The average molecular weight is 377 g/mol. The molecule has 1 aliphatic carbocycles. The Hall–Kier alpha value is -2.63. The fourth-order valence-electron chi connectivity index (χ4n) is 4.56. The highest BCUT2D eigenvalue weighted by Crippen LogP contribution is 2.40. The maximum absolute atomic E-state index is 13.3. The molecule has 28 heavy (non-hydrogen) atoms. The Bertz CT molecular complexity index is 1030. The van der Waals surface area contributed by atoms with Gasteiger partial charge in [-0.2, -0.15) is 5.10 Å². The van der Waals surface area contributed by atoms with Crippen LogP contribution < -0.4 is 0 Å². The van der Waals surface area contributed by atoms with Crippen LogP contribution in [0.2, 0.25) is 0 Å². The fraction of sp³-hybridized carbons (Fsp3) is 0.500. The van der Waals surface area contributed by atoms with Crippen molar-refractivity contribution in [2.75, 3.05) is 13.1 Å². The number of amides is 1. The number of imidazole rings is 1. The van der Waals surface area contributed by atoms with Gasteiger partial charge in [0.2, 0.25) is 0 Å². The van der Waals surface area contributed by atoms with Crippen molar-refractivity contribution in [2.24, 2.45) is 13.0 Å². The summed E-state index contributed by atoms with van der Waals surface area (Å²) in [6.07, 6.45) is 6.73. The minimum atomic E-state index is 0.0614. The quantitative estimate of drug-likeness (QED) is 0.699. The number of nitrogens with zero attached hydrogens (tertiary/aromatic N) is 5. The fourth-order valence-corrected chi connectivity index (χ4v) is 4.56. The Kier molecular flexibility index (Phi) is 4.22. The van der Waals surface area contributed by atoms with Gasteiger partial charge in [0.05, 0.1) is 5.52 Å². The number of piperidine rings is 1. The summed E-state index contributed by atoms with van der Waals surface area (Å²) in [4.78, 5) is 19.9. The number of benzene rings is 1. The van der Waals surface area contributed by atoms with Gasteiger partial charge in [0.15, 0.2) is 5.69 Å². The number of hydrogen-bond acceptors (Lipinski definition) is 3. The van der Waals surface area contributed by atoms with Gasteiger partial charge in [-0.3, -0.25) is 9.48 Å². The molecule has 1 atom stereocenters. The van der Waals surface area contributed by atoms with Crippen LogP contribution in [0.4, 0.5) is 0 Å². The van der Waals surface area contributed by atoms with E-state index in [1.165, 1.54) is 24.4 Å². The number of likely N-dealkylation sites (tertiary alicyclic amines) is 1. The summed E-state index contributed by atoms with van der Waals surface area (Å²) in [5, 5.41) is 5.48. The predicted octanol–water partition coefficient (Wildman–Crippen LogP) is 3.51. The van der Waals surface area contributed by atoms with Crippen LogP contribution in [0.1, 0.15) is 53.6 Å². The second-order valence-electron chi connectivity index (χ2n) is 8.39. The Morgan fingerprint density at radius 3 is 2.86 bits per heavy atom. The van der Waals surface area contributed by atoms with Crippen LogP contribution in [0.5, 0.6) is 0 Å². The van der Waals surface area contributed by atoms with E-state index in [-0.39, 0.29) is 5.91 Å². The maximum Gasteiger partial charge on any atom is 0.275 e. The standard InChI is InChI=1S/C22H27N5O/c1-15-12-23-21(17-9-10-17)27(15)14-16-6-5-11-26(13-16)22(28)20-18-7-3-4-8-19(18)25(2)24-20/h3-4,7-8,12,16-17H,5-6,9-11,13-14H2,1-2H3. The summed E-state index contributed by atoms with van der Waals surface area (Å²) in [5.41, 5.74) is 2.82. The molecule has 1 saturated carbocycles. The van der Waals surface area contributed by atoms with Crippen molar-refractivity contribution in [3.05, 3.63) is 47.7 Å². The SMILES string of the molecule is Cc1cnc(C2CC2)n1CC1CCCN(C(=O)c2nn(C)c3ccccc23)C1. The second kappa shape index (κ2) is 6.76. The normalized spacial score (nSPS) is 20.1. The summed E-state index contributed by atoms with van der Waals surface area (Å²) in [7, 11) is 1.90. The molecule has 1 unspecified atom stereocenters. The molecule has 6 heteroatoms. The zero-order valence-corrected chi connectivity index (χ0v) is 16.6. The Morgan fingerprint density at radius 2 is 2.04 bits per heavy atom. The Labute approximate surface area is 165 Å². The van der Waals surface area contributed by atoms with E-state index < -0.39 is 0 Å². The van der Waals surface area contributed by atoms with Crippen molar-refractivity contribution in [1.29, 1.82) is 0 Å². The van der Waals surface area contributed by atoms with Gasteiger partial charge in [0, 0.05) is 49.9 Å². The van der Waals surface area contributed by atoms with E-state index in [0.29, 0.717) is 17.5 Å². The van der Waals surface area contributed by atoms with Crippen molar-refractivity contribution in [2.45, 2.75) is 45.1 Å². The molecule has 5 rings (SSSR count). The molecule has 1 saturated heterocycles. The third-order valence-corrected chi connectivity index (χ3v) is 6.24. The molecular weight excluding hydrogens is 350 g/mol. The highest BCUT2D eigenvalue weighted by Gasteiger charge is 2.31. The monoisotopic (exact) mass is 377 g/mol. The van der Waals surface area contributed by atoms with Crippen LogP contribution in [-0.4, -0.2) is 43.2 Å². The van der Waals surface area contributed by atoms with Crippen LogP contribution in [0, 0.1) is 12.8 Å². The van der Waals surface area contributed by atoms with Crippen LogP contribution >= 0.6 is 0 Å². The van der Waals surface area contributed by atoms with E-state index in [0.717, 1.165) is 43.4 Å². The van der Waals surface area contributed by atoms with Gasteiger partial charge in [-0.15, -0.1) is 0 Å². The maximum atomic E-state index is 13.3. The van der Waals surface area contributed by atoms with E-state index in [9.17, 15) is 4.79 Å². The lowest BCUT2D eigenvalue weighted by Gasteiger charge is -2.33. The molecule has 146 valence electrons. The second-order valence-corrected chi connectivity index (χ2v) is 8.39. The third-order valence-electron chi connectivity index (χ3n) is 6.24. The first-order chi connectivity index (χ1) is 13.6. The third kappa shape index (κ3) is 3.01. The number of fused-ring (bicyclic) bond motifs is 1. The average Bonchev–Trinajstić information content (AvgIpc) is 3.42. The molecule has 1 aromatic carbocycles.